The molecule has 0 radical (unpaired) electrons. The smallest absolute Gasteiger partial charge is 0.222 e. The zero-order valence-electron chi connectivity index (χ0n) is 15.1. The van der Waals surface area contributed by atoms with E-state index in [0.717, 1.165) is 57.9 Å². The minimum absolute atomic E-state index is 0.222. The van der Waals surface area contributed by atoms with E-state index in [1.807, 2.05) is 11.9 Å². The monoisotopic (exact) mass is 335 g/mol. The van der Waals surface area contributed by atoms with Crippen molar-refractivity contribution in [2.75, 3.05) is 46.3 Å². The van der Waals surface area contributed by atoms with Crippen molar-refractivity contribution in [3.8, 4) is 0 Å². The number of hydrogen-bond acceptors (Lipinski definition) is 6. The Labute approximate surface area is 143 Å². The SMILES string of the molecule is C[C@H](c1nnnn1C)N1CCC(CC(=O)N2CCN(C)CC2)CC1. The van der Waals surface area contributed by atoms with E-state index in [4.69, 9.17) is 0 Å². The molecule has 0 N–H and O–H groups in total. The van der Waals surface area contributed by atoms with Gasteiger partial charge < -0.3 is 9.80 Å². The standard InChI is InChI=1S/C16H29N7O/c1-13(16-17-18-19-21(16)3)22-6-4-14(5-7-22)12-15(24)23-10-8-20(2)9-11-23/h13-14H,4-12H2,1-3H3/t13-/m1/s1. The Morgan fingerprint density at radius 3 is 2.38 bits per heavy atom. The number of aromatic nitrogens is 4. The number of likely N-dealkylation sites (N-methyl/N-ethyl adjacent to an activating group) is 1. The van der Waals surface area contributed by atoms with Crippen LogP contribution in [0.5, 0.6) is 0 Å². The molecule has 1 aromatic heterocycles. The molecule has 2 fully saturated rings. The summed E-state index contributed by atoms with van der Waals surface area (Å²) in [6.45, 7) is 7.92. The molecule has 2 aliphatic heterocycles. The van der Waals surface area contributed by atoms with E-state index >= 15 is 0 Å². The summed E-state index contributed by atoms with van der Waals surface area (Å²) in [5, 5.41) is 11.8. The van der Waals surface area contributed by atoms with E-state index < -0.39 is 0 Å². The summed E-state index contributed by atoms with van der Waals surface area (Å²) in [5.74, 6) is 1.76. The van der Waals surface area contributed by atoms with Gasteiger partial charge in [0.15, 0.2) is 5.82 Å². The summed E-state index contributed by atoms with van der Waals surface area (Å²) in [4.78, 5) is 19.2. The second kappa shape index (κ2) is 7.57. The Morgan fingerprint density at radius 1 is 1.12 bits per heavy atom. The van der Waals surface area contributed by atoms with Gasteiger partial charge in [0, 0.05) is 39.6 Å². The molecule has 3 heterocycles. The highest BCUT2D eigenvalue weighted by atomic mass is 16.2. The molecule has 8 heteroatoms. The second-order valence-electron chi connectivity index (χ2n) is 7.20. The number of amides is 1. The van der Waals surface area contributed by atoms with Crippen molar-refractivity contribution < 1.29 is 4.79 Å². The highest BCUT2D eigenvalue weighted by Crippen LogP contribution is 2.27. The Bertz CT molecular complexity index is 544. The van der Waals surface area contributed by atoms with Crippen molar-refractivity contribution in [2.45, 2.75) is 32.2 Å². The van der Waals surface area contributed by atoms with Crippen LogP contribution in [0.4, 0.5) is 0 Å². The Balaban J connectivity index is 1.45. The van der Waals surface area contributed by atoms with Crippen LogP contribution in [0.1, 0.15) is 38.1 Å². The van der Waals surface area contributed by atoms with E-state index in [1.54, 1.807) is 4.68 Å². The van der Waals surface area contributed by atoms with Crippen LogP contribution < -0.4 is 0 Å². The van der Waals surface area contributed by atoms with E-state index in [1.165, 1.54) is 0 Å². The maximum absolute atomic E-state index is 12.5. The number of carbonyl (C=O) groups excluding carboxylic acids is 1. The highest BCUT2D eigenvalue weighted by Gasteiger charge is 2.28. The van der Waals surface area contributed by atoms with E-state index in [0.29, 0.717) is 18.2 Å². The van der Waals surface area contributed by atoms with Crippen molar-refractivity contribution in [1.82, 2.24) is 34.9 Å². The van der Waals surface area contributed by atoms with Crippen LogP contribution in [0.2, 0.25) is 0 Å². The molecule has 8 nitrogen and oxygen atoms in total. The highest BCUT2D eigenvalue weighted by molar-refractivity contribution is 5.76. The molecule has 0 bridgehead atoms. The quantitative estimate of drug-likeness (QED) is 0.780. The molecule has 2 aliphatic rings. The summed E-state index contributed by atoms with van der Waals surface area (Å²) in [5.41, 5.74) is 0. The van der Waals surface area contributed by atoms with Crippen LogP contribution in [0.15, 0.2) is 0 Å². The maximum Gasteiger partial charge on any atom is 0.222 e. The van der Waals surface area contributed by atoms with Gasteiger partial charge in [0.2, 0.25) is 5.91 Å². The van der Waals surface area contributed by atoms with Crippen molar-refractivity contribution in [2.24, 2.45) is 13.0 Å². The van der Waals surface area contributed by atoms with Gasteiger partial charge in [0.05, 0.1) is 6.04 Å². The number of piperidine rings is 1. The number of aryl methyl sites for hydroxylation is 1. The minimum Gasteiger partial charge on any atom is -0.340 e. The van der Waals surface area contributed by atoms with Gasteiger partial charge in [0.1, 0.15) is 0 Å². The molecule has 1 aromatic rings. The first-order valence-electron chi connectivity index (χ1n) is 8.97. The van der Waals surface area contributed by atoms with Crippen LogP contribution in [-0.4, -0.2) is 87.1 Å². The van der Waals surface area contributed by atoms with Gasteiger partial charge in [-0.15, -0.1) is 5.10 Å². The molecular formula is C16H29N7O. The number of tetrazole rings is 1. The zero-order chi connectivity index (χ0) is 17.1. The lowest BCUT2D eigenvalue weighted by molar-refractivity contribution is -0.134. The van der Waals surface area contributed by atoms with E-state index in [2.05, 4.69) is 39.3 Å². The minimum atomic E-state index is 0.222. The Kier molecular flexibility index (Phi) is 5.45. The average Bonchev–Trinajstić information content (AvgIpc) is 3.01. The van der Waals surface area contributed by atoms with Crippen LogP contribution >= 0.6 is 0 Å². The predicted molar refractivity (Wildman–Crippen MR) is 90.2 cm³/mol. The Hall–Kier alpha value is -1.54. The molecule has 1 amide bonds. The zero-order valence-corrected chi connectivity index (χ0v) is 15.1. The van der Waals surface area contributed by atoms with Gasteiger partial charge >= 0.3 is 0 Å². The number of rotatable bonds is 4. The van der Waals surface area contributed by atoms with Crippen molar-refractivity contribution in [1.29, 1.82) is 0 Å². The second-order valence-corrected chi connectivity index (χ2v) is 7.20. The lowest BCUT2D eigenvalue weighted by Crippen LogP contribution is -2.48. The number of hydrogen-bond donors (Lipinski definition) is 0. The molecule has 3 rings (SSSR count). The summed E-state index contributed by atoms with van der Waals surface area (Å²) in [6, 6.07) is 0.222. The Morgan fingerprint density at radius 2 is 1.79 bits per heavy atom. The van der Waals surface area contributed by atoms with Gasteiger partial charge in [-0.25, -0.2) is 4.68 Å². The molecule has 0 aromatic carbocycles. The first kappa shape index (κ1) is 17.3. The summed E-state index contributed by atoms with van der Waals surface area (Å²) >= 11 is 0. The third-order valence-corrected chi connectivity index (χ3v) is 5.54. The average molecular weight is 335 g/mol. The third kappa shape index (κ3) is 3.92. The van der Waals surface area contributed by atoms with E-state index in [-0.39, 0.29) is 6.04 Å². The molecular weight excluding hydrogens is 306 g/mol. The number of carbonyl (C=O) groups is 1. The molecule has 0 unspecified atom stereocenters. The van der Waals surface area contributed by atoms with Crippen molar-refractivity contribution in [3.05, 3.63) is 5.82 Å². The number of nitrogens with zero attached hydrogens (tertiary/aromatic N) is 7. The fourth-order valence-corrected chi connectivity index (χ4v) is 3.73. The van der Waals surface area contributed by atoms with E-state index in [9.17, 15) is 4.79 Å². The fraction of sp³-hybridized carbons (Fsp3) is 0.875. The predicted octanol–water partition coefficient (Wildman–Crippen LogP) is 0.147. The van der Waals surface area contributed by atoms with Crippen LogP contribution in [0.25, 0.3) is 0 Å². The molecule has 134 valence electrons. The largest absolute Gasteiger partial charge is 0.340 e. The summed E-state index contributed by atoms with van der Waals surface area (Å²) < 4.78 is 1.74. The van der Waals surface area contributed by atoms with Gasteiger partial charge in [-0.3, -0.25) is 9.69 Å². The molecule has 2 saturated heterocycles. The lowest BCUT2D eigenvalue weighted by atomic mass is 9.92. The van der Waals surface area contributed by atoms with Crippen molar-refractivity contribution >= 4 is 5.91 Å². The topological polar surface area (TPSA) is 70.4 Å². The number of piperazine rings is 1. The van der Waals surface area contributed by atoms with Crippen molar-refractivity contribution in [3.63, 3.8) is 0 Å². The molecule has 1 atom stereocenters. The molecule has 0 spiro atoms. The number of likely N-dealkylation sites (tertiary alicyclic amines) is 1. The first-order valence-corrected chi connectivity index (χ1v) is 8.97. The molecule has 0 saturated carbocycles. The third-order valence-electron chi connectivity index (χ3n) is 5.54. The van der Waals surface area contributed by atoms with Crippen LogP contribution in [0, 0.1) is 5.92 Å². The van der Waals surface area contributed by atoms with Crippen LogP contribution in [-0.2, 0) is 11.8 Å². The summed E-state index contributed by atoms with van der Waals surface area (Å²) in [6.07, 6.45) is 2.86. The summed E-state index contributed by atoms with van der Waals surface area (Å²) in [7, 11) is 4.00. The molecule has 0 aliphatic carbocycles. The normalized spacial score (nSPS) is 22.7. The molecule has 24 heavy (non-hydrogen) atoms. The van der Waals surface area contributed by atoms with Crippen LogP contribution in [0.3, 0.4) is 0 Å². The van der Waals surface area contributed by atoms with Gasteiger partial charge in [-0.1, -0.05) is 0 Å². The van der Waals surface area contributed by atoms with Gasteiger partial charge in [-0.2, -0.15) is 0 Å². The fourth-order valence-electron chi connectivity index (χ4n) is 3.73. The van der Waals surface area contributed by atoms with Gasteiger partial charge in [-0.05, 0) is 56.2 Å². The lowest BCUT2D eigenvalue weighted by Gasteiger charge is -2.37. The first-order chi connectivity index (χ1) is 11.5. The van der Waals surface area contributed by atoms with Gasteiger partial charge in [0.25, 0.3) is 0 Å². The maximum atomic E-state index is 12.5.